The number of pyridine rings is 1. The summed E-state index contributed by atoms with van der Waals surface area (Å²) in [5.74, 6) is 0. The predicted octanol–water partition coefficient (Wildman–Crippen LogP) is 5.27. The molecule has 0 aliphatic carbocycles. The lowest BCUT2D eigenvalue weighted by molar-refractivity contribution is 1.44. The second-order valence-corrected chi connectivity index (χ2v) is 5.27. The van der Waals surface area contributed by atoms with Gasteiger partial charge >= 0.3 is 0 Å². The van der Waals surface area contributed by atoms with Crippen molar-refractivity contribution < 1.29 is 0 Å². The van der Waals surface area contributed by atoms with Crippen LogP contribution in [-0.2, 0) is 0 Å². The Kier molecular flexibility index (Phi) is 2.79. The van der Waals surface area contributed by atoms with E-state index in [2.05, 4.69) is 22.5 Å². The number of rotatable bonds is 1. The van der Waals surface area contributed by atoms with Crippen molar-refractivity contribution in [3.63, 3.8) is 0 Å². The Balaban J connectivity index is 2.32. The van der Waals surface area contributed by atoms with Crippen LogP contribution in [0.3, 0.4) is 0 Å². The maximum Gasteiger partial charge on any atom is 0.132 e. The molecule has 0 saturated carbocycles. The van der Waals surface area contributed by atoms with Gasteiger partial charge in [0.25, 0.3) is 0 Å². The molecule has 0 N–H and O–H groups in total. The molecule has 84 valence electrons. The molecule has 0 atom stereocenters. The summed E-state index contributed by atoms with van der Waals surface area (Å²) in [5, 5.41) is 4.13. The predicted molar refractivity (Wildman–Crippen MR) is 75.1 cm³/mol. The topological polar surface area (TPSA) is 12.9 Å². The highest BCUT2D eigenvalue weighted by Gasteiger charge is 2.11. The number of fused-ring (bicyclic) bond motifs is 1. The molecule has 0 amide bonds. The highest BCUT2D eigenvalue weighted by Crippen LogP contribution is 2.38. The van der Waals surface area contributed by atoms with E-state index in [0.717, 1.165) is 21.3 Å². The molecule has 0 bridgehead atoms. The first-order chi connectivity index (χ1) is 8.25. The van der Waals surface area contributed by atoms with E-state index in [4.69, 9.17) is 23.2 Å². The van der Waals surface area contributed by atoms with Gasteiger partial charge in [0.1, 0.15) is 9.98 Å². The van der Waals surface area contributed by atoms with Crippen LogP contribution in [0.25, 0.3) is 21.3 Å². The second kappa shape index (κ2) is 4.30. The molecule has 0 aliphatic heterocycles. The molecular weight excluding hydrogens is 273 g/mol. The van der Waals surface area contributed by atoms with Crippen molar-refractivity contribution in [1.82, 2.24) is 4.98 Å². The molecule has 17 heavy (non-hydrogen) atoms. The fourth-order valence-corrected chi connectivity index (χ4v) is 3.42. The summed E-state index contributed by atoms with van der Waals surface area (Å²) < 4.78 is 0. The van der Waals surface area contributed by atoms with Gasteiger partial charge in [-0.3, -0.25) is 0 Å². The van der Waals surface area contributed by atoms with Crippen LogP contribution in [-0.4, -0.2) is 4.98 Å². The lowest BCUT2D eigenvalue weighted by Gasteiger charge is -2.01. The quantitative estimate of drug-likeness (QED) is 0.553. The molecule has 0 radical (unpaired) electrons. The van der Waals surface area contributed by atoms with Gasteiger partial charge in [0.15, 0.2) is 0 Å². The van der Waals surface area contributed by atoms with Crippen molar-refractivity contribution in [3.05, 3.63) is 52.0 Å². The smallest absolute Gasteiger partial charge is 0.132 e. The number of hydrogen-bond acceptors (Lipinski definition) is 2. The first-order valence-corrected chi connectivity index (χ1v) is 6.68. The summed E-state index contributed by atoms with van der Waals surface area (Å²) in [6.07, 6.45) is 0. The van der Waals surface area contributed by atoms with E-state index in [-0.39, 0.29) is 0 Å². The van der Waals surface area contributed by atoms with Crippen LogP contribution in [0.4, 0.5) is 0 Å². The molecule has 1 aromatic carbocycles. The zero-order valence-electron chi connectivity index (χ0n) is 8.65. The van der Waals surface area contributed by atoms with Crippen molar-refractivity contribution in [2.45, 2.75) is 0 Å². The van der Waals surface area contributed by atoms with Gasteiger partial charge in [0, 0.05) is 16.3 Å². The van der Waals surface area contributed by atoms with Crippen molar-refractivity contribution in [3.8, 4) is 11.1 Å². The van der Waals surface area contributed by atoms with Crippen LogP contribution < -0.4 is 0 Å². The Hall–Kier alpha value is -1.09. The molecule has 3 aromatic rings. The Morgan fingerprint density at radius 3 is 2.59 bits per heavy atom. The molecule has 3 rings (SSSR count). The maximum atomic E-state index is 6.24. The van der Waals surface area contributed by atoms with Gasteiger partial charge in [-0.05, 0) is 11.6 Å². The number of halogens is 2. The number of thiophene rings is 1. The third kappa shape index (κ3) is 1.93. The Labute approximate surface area is 113 Å². The van der Waals surface area contributed by atoms with E-state index in [1.54, 1.807) is 17.4 Å². The highest BCUT2D eigenvalue weighted by molar-refractivity contribution is 7.17. The average molecular weight is 280 g/mol. The molecule has 0 aliphatic rings. The van der Waals surface area contributed by atoms with Gasteiger partial charge in [-0.25, -0.2) is 4.98 Å². The van der Waals surface area contributed by atoms with Gasteiger partial charge < -0.3 is 0 Å². The van der Waals surface area contributed by atoms with E-state index in [1.807, 2.05) is 18.2 Å². The van der Waals surface area contributed by atoms with E-state index < -0.39 is 0 Å². The van der Waals surface area contributed by atoms with Crippen molar-refractivity contribution in [2.24, 2.45) is 0 Å². The van der Waals surface area contributed by atoms with Crippen molar-refractivity contribution >= 4 is 44.8 Å². The van der Waals surface area contributed by atoms with Crippen LogP contribution in [0.15, 0.2) is 41.8 Å². The molecule has 4 heteroatoms. The van der Waals surface area contributed by atoms with Crippen LogP contribution in [0.1, 0.15) is 0 Å². The van der Waals surface area contributed by atoms with Crippen molar-refractivity contribution in [1.29, 1.82) is 0 Å². The summed E-state index contributed by atoms with van der Waals surface area (Å²) in [6, 6.07) is 11.8. The minimum Gasteiger partial charge on any atom is -0.225 e. The molecule has 0 spiro atoms. The molecule has 2 aromatic heterocycles. The van der Waals surface area contributed by atoms with Gasteiger partial charge in [0.05, 0.1) is 5.02 Å². The third-order valence-electron chi connectivity index (χ3n) is 2.55. The molecule has 0 saturated heterocycles. The maximum absolute atomic E-state index is 6.24. The van der Waals surface area contributed by atoms with Gasteiger partial charge in [0.2, 0.25) is 0 Å². The lowest BCUT2D eigenvalue weighted by Crippen LogP contribution is -1.79. The monoisotopic (exact) mass is 279 g/mol. The van der Waals surface area contributed by atoms with Crippen LogP contribution in [0.2, 0.25) is 10.2 Å². The van der Waals surface area contributed by atoms with Crippen molar-refractivity contribution in [2.75, 3.05) is 0 Å². The zero-order chi connectivity index (χ0) is 11.8. The van der Waals surface area contributed by atoms with Gasteiger partial charge in [-0.1, -0.05) is 53.5 Å². The molecule has 0 unspecified atom stereocenters. The zero-order valence-corrected chi connectivity index (χ0v) is 11.0. The Morgan fingerprint density at radius 1 is 1.06 bits per heavy atom. The summed E-state index contributed by atoms with van der Waals surface area (Å²) in [6.45, 7) is 0. The average Bonchev–Trinajstić information content (AvgIpc) is 2.74. The number of aromatic nitrogens is 1. The first-order valence-electron chi connectivity index (χ1n) is 5.04. The van der Waals surface area contributed by atoms with Crippen LogP contribution in [0, 0.1) is 0 Å². The minimum atomic E-state index is 0.434. The van der Waals surface area contributed by atoms with Crippen LogP contribution in [0.5, 0.6) is 0 Å². The first kappa shape index (κ1) is 11.0. The summed E-state index contributed by atoms with van der Waals surface area (Å²) >= 11 is 13.7. The molecule has 0 fully saturated rings. The summed E-state index contributed by atoms with van der Waals surface area (Å²) in [4.78, 5) is 5.16. The number of hydrogen-bond donors (Lipinski definition) is 0. The summed E-state index contributed by atoms with van der Waals surface area (Å²) in [7, 11) is 0. The van der Waals surface area contributed by atoms with E-state index in [9.17, 15) is 0 Å². The Bertz CT molecular complexity index is 676. The van der Waals surface area contributed by atoms with Crippen LogP contribution >= 0.6 is 34.5 Å². The summed E-state index contributed by atoms with van der Waals surface area (Å²) in [5.41, 5.74) is 2.25. The molecule has 2 heterocycles. The third-order valence-corrected chi connectivity index (χ3v) is 3.91. The lowest BCUT2D eigenvalue weighted by atomic mass is 10.1. The SMILES string of the molecule is Clc1cc(Cl)c2c(-c3ccccc3)csc2n1. The standard InChI is InChI=1S/C13H7Cl2NS/c14-10-6-11(15)16-13-12(10)9(7-17-13)8-4-2-1-3-5-8/h1-7H. The normalized spacial score (nSPS) is 10.9. The largest absolute Gasteiger partial charge is 0.225 e. The fourth-order valence-electron chi connectivity index (χ4n) is 1.80. The van der Waals surface area contributed by atoms with E-state index in [0.29, 0.717) is 10.2 Å². The van der Waals surface area contributed by atoms with E-state index >= 15 is 0 Å². The minimum absolute atomic E-state index is 0.434. The molecule has 1 nitrogen and oxygen atoms in total. The van der Waals surface area contributed by atoms with Gasteiger partial charge in [-0.2, -0.15) is 0 Å². The highest BCUT2D eigenvalue weighted by atomic mass is 35.5. The number of benzene rings is 1. The second-order valence-electron chi connectivity index (χ2n) is 3.62. The number of nitrogens with zero attached hydrogens (tertiary/aromatic N) is 1. The van der Waals surface area contributed by atoms with Gasteiger partial charge in [-0.15, -0.1) is 11.3 Å². The molecular formula is C13H7Cl2NS. The Morgan fingerprint density at radius 2 is 1.82 bits per heavy atom. The fraction of sp³-hybridized carbons (Fsp3) is 0. The van der Waals surface area contributed by atoms with E-state index in [1.165, 1.54) is 0 Å².